The van der Waals surface area contributed by atoms with E-state index in [2.05, 4.69) is 37.0 Å². The van der Waals surface area contributed by atoms with E-state index in [1.54, 1.807) is 44.5 Å². The normalized spacial score (nSPS) is 16.4. The Hall–Kier alpha value is -5.43. The van der Waals surface area contributed by atoms with Crippen LogP contribution in [0.25, 0.3) is 10.4 Å². The molecular weight excluding hydrogens is 1080 g/mol. The summed E-state index contributed by atoms with van der Waals surface area (Å²) in [5, 5.41) is 24.7. The molecule has 6 rings (SSSR count). The number of hydrogen-bond donors (Lipinski definition) is 7. The van der Waals surface area contributed by atoms with Crippen molar-refractivity contribution in [3.8, 4) is 16.2 Å². The van der Waals surface area contributed by atoms with Gasteiger partial charge in [0.05, 0.1) is 45.7 Å². The molecule has 1 aromatic heterocycles. The quantitative estimate of drug-likeness (QED) is 0.0157. The minimum atomic E-state index is -2.00. The molecule has 2 heterocycles. The molecule has 2 fully saturated rings. The largest absolute Gasteiger partial charge is 0.483 e. The van der Waals surface area contributed by atoms with Gasteiger partial charge in [-0.3, -0.25) is 28.8 Å². The number of alkyl halides is 1. The van der Waals surface area contributed by atoms with Crippen molar-refractivity contribution in [3.05, 3.63) is 91.9 Å². The van der Waals surface area contributed by atoms with Crippen molar-refractivity contribution in [1.82, 2.24) is 36.6 Å². The maximum absolute atomic E-state index is 14.7. The van der Waals surface area contributed by atoms with Gasteiger partial charge in [-0.25, -0.2) is 28.0 Å². The molecule has 3 aromatic carbocycles. The lowest BCUT2D eigenvalue weighted by Crippen LogP contribution is -2.59. The van der Waals surface area contributed by atoms with Crippen molar-refractivity contribution in [1.29, 1.82) is 0 Å². The fourth-order valence-electron chi connectivity index (χ4n) is 7.88. The van der Waals surface area contributed by atoms with Crippen LogP contribution in [-0.4, -0.2) is 108 Å². The Morgan fingerprint density at radius 3 is 2.38 bits per heavy atom. The number of amides is 5. The number of hydrogen-bond acceptors (Lipinski definition) is 12. The molecule has 3 atom stereocenters. The number of aromatic nitrogens is 1. The Labute approximate surface area is 433 Å². The van der Waals surface area contributed by atoms with E-state index in [-0.39, 0.29) is 62.7 Å². The van der Waals surface area contributed by atoms with Crippen molar-refractivity contribution in [2.24, 2.45) is 5.41 Å². The van der Waals surface area contributed by atoms with Crippen LogP contribution in [0.5, 0.6) is 5.75 Å². The number of thiazole rings is 1. The van der Waals surface area contributed by atoms with E-state index < -0.39 is 76.0 Å². The highest BCUT2D eigenvalue weighted by Crippen LogP contribution is 2.41. The first-order valence-corrected chi connectivity index (χ1v) is 25.7. The average molecular weight is 1140 g/mol. The van der Waals surface area contributed by atoms with Crippen LogP contribution in [0.4, 0.5) is 28.9 Å². The first kappa shape index (κ1) is 55.9. The Kier molecular flexibility index (Phi) is 19.8. The standard InChI is InChI=1S/C50H61F4IN8O8S/c1-29-43(72-28-59-29)30-10-11-31(25-58-46(67)38-24-33(64)26-63(38)47(68)44(49(2,3)4)61-48(69)50(54)16-17-50)39(22-30)70-27-40(65)57-20-8-6-5-7-18-56-19-9-21-71-62-45(66)34-13-14-35(51)41(53)42(34)60-37-15-12-32(55)23-36(37)52/h10-15,22-23,28,33,38,44,56,60,64H,5-9,16-21,24-27H2,1-4H3,(H,57,65)(H,58,67)(H,61,69)(H,62,66)/t33-,38?,44-/m1/s1. The van der Waals surface area contributed by atoms with Crippen LogP contribution in [0.1, 0.15) is 93.8 Å². The molecular formula is C50H61F4IN8O8S. The predicted octanol–water partition coefficient (Wildman–Crippen LogP) is 6.89. The highest BCUT2D eigenvalue weighted by atomic mass is 127. The summed E-state index contributed by atoms with van der Waals surface area (Å²) in [6.07, 6.45) is 3.05. The summed E-state index contributed by atoms with van der Waals surface area (Å²) in [4.78, 5) is 77.7. The second kappa shape index (κ2) is 25.5. The van der Waals surface area contributed by atoms with E-state index in [9.17, 15) is 46.6 Å². The first-order valence-electron chi connectivity index (χ1n) is 23.8. The Morgan fingerprint density at radius 2 is 1.68 bits per heavy atom. The summed E-state index contributed by atoms with van der Waals surface area (Å²) in [6.45, 7) is 8.50. The number of β-amino-alcohol motifs (C(OH)–C–C–N with tert-alkyl or cyclic N) is 1. The molecule has 5 amide bonds. The lowest BCUT2D eigenvalue weighted by atomic mass is 9.85. The molecule has 4 aromatic rings. The number of hydroxylamine groups is 1. The third-order valence-electron chi connectivity index (χ3n) is 12.1. The molecule has 72 heavy (non-hydrogen) atoms. The van der Waals surface area contributed by atoms with Crippen LogP contribution >= 0.6 is 33.9 Å². The van der Waals surface area contributed by atoms with E-state index in [1.807, 2.05) is 35.6 Å². The minimum Gasteiger partial charge on any atom is -0.483 e. The average Bonchev–Trinajstić information content (AvgIpc) is 3.74. The van der Waals surface area contributed by atoms with Crippen molar-refractivity contribution < 1.29 is 56.2 Å². The number of aliphatic hydroxyl groups is 1. The number of halogens is 5. The zero-order valence-corrected chi connectivity index (χ0v) is 43.5. The van der Waals surface area contributed by atoms with Crippen LogP contribution in [0, 0.1) is 33.4 Å². The number of benzene rings is 3. The smallest absolute Gasteiger partial charge is 0.277 e. The molecule has 0 radical (unpaired) electrons. The number of anilines is 2. The van der Waals surface area contributed by atoms with E-state index >= 15 is 0 Å². The van der Waals surface area contributed by atoms with E-state index in [4.69, 9.17) is 9.57 Å². The Morgan fingerprint density at radius 1 is 0.944 bits per heavy atom. The maximum atomic E-state index is 14.7. The third kappa shape index (κ3) is 15.3. The van der Waals surface area contributed by atoms with Crippen LogP contribution in [-0.2, 0) is 30.6 Å². The summed E-state index contributed by atoms with van der Waals surface area (Å²) in [7, 11) is 0. The van der Waals surface area contributed by atoms with Gasteiger partial charge in [0.25, 0.3) is 17.7 Å². The Balaban J connectivity index is 0.890. The SMILES string of the molecule is Cc1ncsc1-c1ccc(CNC(=O)C2C[C@@H](O)CN2C(=O)[C@@H](NC(=O)C2(F)CC2)C(C)(C)C)c(OCC(=O)NCCCCCCNCCCONC(=O)c2ccc(F)c(F)c2Nc2ccc(I)cc2F)c1. The van der Waals surface area contributed by atoms with Gasteiger partial charge in [-0.05, 0) is 122 Å². The number of aliphatic hydroxyl groups excluding tert-OH is 1. The molecule has 1 saturated heterocycles. The molecule has 1 aliphatic carbocycles. The van der Waals surface area contributed by atoms with Gasteiger partial charge in [0.2, 0.25) is 11.8 Å². The highest BCUT2D eigenvalue weighted by Gasteiger charge is 2.53. The summed E-state index contributed by atoms with van der Waals surface area (Å²) in [6, 6.07) is 9.24. The van der Waals surface area contributed by atoms with Gasteiger partial charge in [0.1, 0.15) is 23.7 Å². The van der Waals surface area contributed by atoms with Gasteiger partial charge < -0.3 is 41.3 Å². The van der Waals surface area contributed by atoms with Gasteiger partial charge >= 0.3 is 0 Å². The molecule has 0 spiro atoms. The minimum absolute atomic E-state index is 0.0294. The Bertz CT molecular complexity index is 2580. The van der Waals surface area contributed by atoms with Crippen molar-refractivity contribution in [3.63, 3.8) is 0 Å². The number of nitrogens with zero attached hydrogens (tertiary/aromatic N) is 2. The zero-order valence-electron chi connectivity index (χ0n) is 40.5. The number of carbonyl (C=O) groups excluding carboxylic acids is 5. The molecule has 16 nitrogen and oxygen atoms in total. The topological polar surface area (TPSA) is 212 Å². The monoisotopic (exact) mass is 1140 g/mol. The van der Waals surface area contributed by atoms with E-state index in [0.29, 0.717) is 34.4 Å². The number of likely N-dealkylation sites (tertiary alicyclic amines) is 1. The van der Waals surface area contributed by atoms with Gasteiger partial charge in [0.15, 0.2) is 23.9 Å². The van der Waals surface area contributed by atoms with Gasteiger partial charge in [0, 0.05) is 35.2 Å². The summed E-state index contributed by atoms with van der Waals surface area (Å²) in [5.41, 5.74) is 2.38. The van der Waals surface area contributed by atoms with E-state index in [0.717, 1.165) is 60.5 Å². The number of aryl methyl sites for hydroxylation is 1. The van der Waals surface area contributed by atoms with Crippen molar-refractivity contribution >= 4 is 74.8 Å². The van der Waals surface area contributed by atoms with Gasteiger partial charge in [-0.15, -0.1) is 11.3 Å². The molecule has 7 N–H and O–H groups in total. The van der Waals surface area contributed by atoms with E-state index in [1.165, 1.54) is 28.4 Å². The second-order valence-electron chi connectivity index (χ2n) is 18.9. The first-order chi connectivity index (χ1) is 34.2. The van der Waals surface area contributed by atoms with Crippen molar-refractivity contribution in [2.45, 2.75) is 109 Å². The summed E-state index contributed by atoms with van der Waals surface area (Å²) >= 11 is 3.36. The number of nitrogens with one attached hydrogen (secondary N) is 6. The summed E-state index contributed by atoms with van der Waals surface area (Å²) < 4.78 is 64.4. The third-order valence-corrected chi connectivity index (χ3v) is 13.8. The number of ether oxygens (including phenoxy) is 1. The number of unbranched alkanes of at least 4 members (excludes halogenated alkanes) is 3. The van der Waals surface area contributed by atoms with Crippen LogP contribution in [0.2, 0.25) is 0 Å². The molecule has 2 aliphatic rings. The van der Waals surface area contributed by atoms with Crippen LogP contribution in [0.15, 0.2) is 54.0 Å². The molecule has 1 unspecified atom stereocenters. The lowest BCUT2D eigenvalue weighted by molar-refractivity contribution is -0.145. The molecule has 22 heteroatoms. The molecule has 0 bridgehead atoms. The molecule has 1 aliphatic heterocycles. The van der Waals surface area contributed by atoms with Gasteiger partial charge in [-0.2, -0.15) is 0 Å². The molecule has 390 valence electrons. The van der Waals surface area contributed by atoms with Crippen LogP contribution in [0.3, 0.4) is 0 Å². The van der Waals surface area contributed by atoms with Crippen LogP contribution < -0.4 is 36.8 Å². The summed E-state index contributed by atoms with van der Waals surface area (Å²) in [5.74, 6) is -6.05. The lowest BCUT2D eigenvalue weighted by Gasteiger charge is -2.35. The zero-order chi connectivity index (χ0) is 52.2. The highest BCUT2D eigenvalue weighted by molar-refractivity contribution is 14.1. The van der Waals surface area contributed by atoms with Gasteiger partial charge in [-0.1, -0.05) is 45.7 Å². The second-order valence-corrected chi connectivity index (χ2v) is 21.0. The number of carbonyl (C=O) groups is 5. The number of rotatable bonds is 25. The maximum Gasteiger partial charge on any atom is 0.277 e. The van der Waals surface area contributed by atoms with Crippen molar-refractivity contribution in [2.75, 3.05) is 44.7 Å². The fraction of sp³-hybridized carbons (Fsp3) is 0.480. The molecule has 1 saturated carbocycles. The fourth-order valence-corrected chi connectivity index (χ4v) is 9.13. The predicted molar refractivity (Wildman–Crippen MR) is 271 cm³/mol.